The van der Waals surface area contributed by atoms with Crippen LogP contribution in [0.4, 0.5) is 0 Å². The Morgan fingerprint density at radius 2 is 1.06 bits per heavy atom. The minimum atomic E-state index is -1.98. The van der Waals surface area contributed by atoms with Gasteiger partial charge >= 0.3 is 0 Å². The Morgan fingerprint density at radius 1 is 0.556 bits per heavy atom. The molecule has 3 fully saturated rings. The zero-order chi connectivity index (χ0) is 66.8. The molecule has 90 heavy (non-hydrogen) atoms. The van der Waals surface area contributed by atoms with E-state index in [1.165, 1.54) is 45.7 Å². The van der Waals surface area contributed by atoms with Gasteiger partial charge in [0.25, 0.3) is 5.91 Å². The molecule has 17 N–H and O–H groups in total. The molecule has 0 aromatic heterocycles. The molecule has 12 unspecified atom stereocenters. The van der Waals surface area contributed by atoms with Crippen LogP contribution in [0.3, 0.4) is 0 Å². The van der Waals surface area contributed by atoms with Crippen LogP contribution < -0.4 is 31.3 Å². The molecule has 23 atom stereocenters. The topological polar surface area (TPSA) is 481 Å². The Kier molecular flexibility index (Phi) is 34.3. The summed E-state index contributed by atoms with van der Waals surface area (Å²) in [7, 11) is 0. The van der Waals surface area contributed by atoms with E-state index in [0.29, 0.717) is 18.8 Å². The van der Waals surface area contributed by atoms with Gasteiger partial charge in [-0.05, 0) is 57.7 Å². The fourth-order valence-electron chi connectivity index (χ4n) is 10.3. The first kappa shape index (κ1) is 77.7. The molecule has 32 nitrogen and oxygen atoms in total. The molecule has 3 heterocycles. The van der Waals surface area contributed by atoms with Crippen molar-refractivity contribution in [2.45, 2.75) is 234 Å². The van der Waals surface area contributed by atoms with Crippen LogP contribution in [0, 0.1) is 0 Å². The van der Waals surface area contributed by atoms with Gasteiger partial charge in [-0.25, -0.2) is 0 Å². The van der Waals surface area contributed by atoms with Crippen molar-refractivity contribution in [1.82, 2.24) is 26.6 Å². The molecule has 0 radical (unpaired) electrons. The van der Waals surface area contributed by atoms with Crippen molar-refractivity contribution in [3.8, 4) is 5.75 Å². The number of nitrogens with one attached hydrogen (secondary N) is 5. The summed E-state index contributed by atoms with van der Waals surface area (Å²) in [6.07, 6.45) is -20.1. The number of aliphatic hydroxyl groups excluding tert-OH is 12. The van der Waals surface area contributed by atoms with Crippen LogP contribution >= 0.6 is 0 Å². The van der Waals surface area contributed by atoms with Crippen molar-refractivity contribution in [1.29, 1.82) is 0 Å². The predicted molar refractivity (Wildman–Crippen MR) is 311 cm³/mol. The number of rotatable bonds is 39. The molecule has 3 aliphatic heterocycles. The maximum absolute atomic E-state index is 13.9. The van der Waals surface area contributed by atoms with Gasteiger partial charge in [0.2, 0.25) is 23.6 Å². The van der Waals surface area contributed by atoms with Gasteiger partial charge in [-0.3, -0.25) is 24.0 Å². The van der Waals surface area contributed by atoms with E-state index in [1.807, 2.05) is 0 Å². The predicted octanol–water partition coefficient (Wildman–Crippen LogP) is -4.95. The number of carbonyl (C=O) groups is 5. The maximum Gasteiger partial charge on any atom is 0.251 e. The standard InChI is InChI=1S/C58H97N5O27/c1-8-9-10-11-12-13-14-15-16-20-81-36-19-17-18-35(21-36)53(79)63-44-48(76)47(75)41(26-68)86-58(44)90-52-43(28-70)88-57(46(50(52)78)62-34(7)74)85-40(25-67)39(24-66)83-55(30(3)60-32(5)72)89-51-42(27-69)87-56(45(49(51)77)61-33(6)73)84-38(23-65)37(22-64)82-54(80)29(2)59-31(4)71/h13-14,17-19,21,29-30,37-52,54-58,64-70,75-78,80H,8-12,15-16,20,22-28H2,1-7H3,(H,59,71)(H,60,72)(H,61,73)(H,62,74)(H,63,79)/b14-13-/t29-,30-,37?,38?,39?,40?,41?,42-,43-,44-,45?,46?,47+,48+,49?,50?,51+,52+,54?,55-,56?,57+,58?/m0/s1. The normalized spacial score (nSPS) is 29.8. The van der Waals surface area contributed by atoms with E-state index in [-0.39, 0.29) is 5.56 Å². The zero-order valence-corrected chi connectivity index (χ0v) is 51.8. The van der Waals surface area contributed by atoms with Crippen molar-refractivity contribution < 1.29 is 133 Å². The van der Waals surface area contributed by atoms with Gasteiger partial charge in [-0.1, -0.05) is 44.4 Å². The third-order valence-electron chi connectivity index (χ3n) is 15.0. The van der Waals surface area contributed by atoms with Crippen LogP contribution in [-0.4, -0.2) is 285 Å². The summed E-state index contributed by atoms with van der Waals surface area (Å²) in [6, 6.07) is -1.12. The van der Waals surface area contributed by atoms with Crippen molar-refractivity contribution in [2.75, 3.05) is 52.9 Å². The zero-order valence-electron chi connectivity index (χ0n) is 51.8. The van der Waals surface area contributed by atoms with Gasteiger partial charge < -0.3 is 135 Å². The Bertz CT molecular complexity index is 2330. The van der Waals surface area contributed by atoms with E-state index in [4.69, 9.17) is 47.4 Å². The molecule has 516 valence electrons. The van der Waals surface area contributed by atoms with Crippen LogP contribution in [0.15, 0.2) is 36.4 Å². The number of amides is 5. The summed E-state index contributed by atoms with van der Waals surface area (Å²) in [5.74, 6) is -3.18. The maximum atomic E-state index is 13.9. The van der Waals surface area contributed by atoms with Crippen LogP contribution in [0.25, 0.3) is 0 Å². The fourth-order valence-corrected chi connectivity index (χ4v) is 10.3. The smallest absolute Gasteiger partial charge is 0.251 e. The lowest BCUT2D eigenvalue weighted by Crippen LogP contribution is -2.69. The minimum Gasteiger partial charge on any atom is -0.494 e. The number of hydrogen-bond acceptors (Lipinski definition) is 27. The number of hydrogen-bond donors (Lipinski definition) is 17. The van der Waals surface area contributed by atoms with Crippen LogP contribution in [0.1, 0.15) is 104 Å². The first-order chi connectivity index (χ1) is 42.9. The van der Waals surface area contributed by atoms with E-state index in [9.17, 15) is 85.3 Å². The highest BCUT2D eigenvalue weighted by Gasteiger charge is 2.54. The van der Waals surface area contributed by atoms with E-state index < -0.39 is 217 Å². The monoisotopic (exact) mass is 1300 g/mol. The van der Waals surface area contributed by atoms with E-state index in [0.717, 1.165) is 46.5 Å². The molecule has 0 saturated carbocycles. The lowest BCUT2D eigenvalue weighted by Gasteiger charge is -2.48. The molecule has 1 aromatic rings. The molecule has 4 rings (SSSR count). The second kappa shape index (κ2) is 39.7. The third-order valence-corrected chi connectivity index (χ3v) is 15.0. The minimum absolute atomic E-state index is 0.0601. The molecule has 3 saturated heterocycles. The van der Waals surface area contributed by atoms with Crippen LogP contribution in [0.5, 0.6) is 5.75 Å². The Balaban J connectivity index is 1.57. The summed E-state index contributed by atoms with van der Waals surface area (Å²) < 4.78 is 59.9. The van der Waals surface area contributed by atoms with E-state index in [2.05, 4.69) is 45.7 Å². The number of benzene rings is 1. The lowest BCUT2D eigenvalue weighted by molar-refractivity contribution is -0.346. The first-order valence-corrected chi connectivity index (χ1v) is 30.2. The van der Waals surface area contributed by atoms with Crippen molar-refractivity contribution in [2.24, 2.45) is 0 Å². The summed E-state index contributed by atoms with van der Waals surface area (Å²) in [6.45, 7) is 2.98. The molecule has 0 spiro atoms. The fraction of sp³-hybridized carbons (Fsp3) is 0.776. The molecule has 32 heteroatoms. The van der Waals surface area contributed by atoms with Crippen molar-refractivity contribution >= 4 is 29.5 Å². The largest absolute Gasteiger partial charge is 0.494 e. The number of unbranched alkanes of at least 4 members (excludes halogenated alkanes) is 5. The number of ether oxygens (including phenoxy) is 10. The van der Waals surface area contributed by atoms with E-state index in [1.54, 1.807) is 12.1 Å². The highest BCUT2D eigenvalue weighted by atomic mass is 16.8. The van der Waals surface area contributed by atoms with Gasteiger partial charge in [0.05, 0.1) is 64.9 Å². The third kappa shape index (κ3) is 23.4. The van der Waals surface area contributed by atoms with Gasteiger partial charge in [-0.2, -0.15) is 0 Å². The van der Waals surface area contributed by atoms with E-state index >= 15 is 0 Å². The summed E-state index contributed by atoms with van der Waals surface area (Å²) in [4.78, 5) is 63.4. The molecular weight excluding hydrogens is 1200 g/mol. The van der Waals surface area contributed by atoms with Gasteiger partial charge in [-0.15, -0.1) is 0 Å². The van der Waals surface area contributed by atoms with Crippen LogP contribution in [-0.2, 0) is 61.8 Å². The quantitative estimate of drug-likeness (QED) is 0.0167. The average molecular weight is 1300 g/mol. The molecular formula is C58H97N5O27. The first-order valence-electron chi connectivity index (χ1n) is 30.2. The Labute approximate surface area is 522 Å². The average Bonchev–Trinajstić information content (AvgIpc) is 0.837. The Hall–Kier alpha value is -4.73. The number of carbonyl (C=O) groups excluding carboxylic acids is 5. The second-order valence-corrected chi connectivity index (χ2v) is 22.3. The Morgan fingerprint density at radius 3 is 1.58 bits per heavy atom. The number of allylic oxidation sites excluding steroid dienone is 2. The molecule has 1 aromatic carbocycles. The highest BCUT2D eigenvalue weighted by molar-refractivity contribution is 5.94. The molecule has 3 aliphatic rings. The molecule has 0 bridgehead atoms. The molecule has 5 amide bonds. The van der Waals surface area contributed by atoms with Gasteiger partial charge in [0.15, 0.2) is 31.5 Å². The van der Waals surface area contributed by atoms with Crippen LogP contribution in [0.2, 0.25) is 0 Å². The second-order valence-electron chi connectivity index (χ2n) is 22.3. The summed E-state index contributed by atoms with van der Waals surface area (Å²) >= 11 is 0. The van der Waals surface area contributed by atoms with Gasteiger partial charge in [0.1, 0.15) is 103 Å². The van der Waals surface area contributed by atoms with Crippen molar-refractivity contribution in [3.63, 3.8) is 0 Å². The number of aliphatic hydroxyl groups is 12. The highest BCUT2D eigenvalue weighted by Crippen LogP contribution is 2.33. The summed E-state index contributed by atoms with van der Waals surface area (Å²) in [5.41, 5.74) is 0.0601. The SMILES string of the molecule is CCCCCC/C=C\CCCOc1cccc(C(=O)N[C@@H]2C(O[C@H]3C(O)C(NC(C)=O)[C@H](OC(CO)C(CO)O[C@@H](O[C@H]4C(O)C(NC(C)=O)C(OC(CO)C(CO)OC(O)[C@H](C)NC(C)=O)O[C@H]4CO)[C@H](C)NC(C)=O)O[C@H]3CO)OC(CO)[C@@H](O)[C@@H]2O)c1. The lowest BCUT2D eigenvalue weighted by atomic mass is 9.94. The summed E-state index contributed by atoms with van der Waals surface area (Å²) in [5, 5.41) is 143. The molecule has 0 aliphatic carbocycles. The van der Waals surface area contributed by atoms with Crippen molar-refractivity contribution in [3.05, 3.63) is 42.0 Å². The van der Waals surface area contributed by atoms with Gasteiger partial charge in [0, 0.05) is 33.3 Å².